The summed E-state index contributed by atoms with van der Waals surface area (Å²) in [6.45, 7) is 0. The summed E-state index contributed by atoms with van der Waals surface area (Å²) in [6.07, 6.45) is 2.26. The standard InChI is InChI=1S/C49H48O13/c1-54-37-14-31(15-38(26-37)55-2)10-8-29-12-35(50)24-41(18-29)61-43-20-33(47(52)48(53)34-22-45(58-5)49(60-7)46(23-34)59-6)21-44(28-43)62-42-19-30(13-36(51)25-42)9-11-32-16-39(56-3)27-40(17-32)57-4/h12-28,50-51H,8-11H2,1-7H3. The van der Waals surface area contributed by atoms with Gasteiger partial charge in [0, 0.05) is 41.5 Å². The average molecular weight is 845 g/mol. The number of hydrogen-bond acceptors (Lipinski definition) is 13. The van der Waals surface area contributed by atoms with Crippen molar-refractivity contribution in [1.82, 2.24) is 0 Å². The van der Waals surface area contributed by atoms with Crippen molar-refractivity contribution in [3.63, 3.8) is 0 Å². The number of hydrogen-bond donors (Lipinski definition) is 2. The van der Waals surface area contributed by atoms with E-state index in [0.29, 0.717) is 48.7 Å². The quantitative estimate of drug-likeness (QED) is 0.0554. The van der Waals surface area contributed by atoms with Crippen LogP contribution in [0.1, 0.15) is 43.0 Å². The molecule has 0 fully saturated rings. The van der Waals surface area contributed by atoms with E-state index < -0.39 is 11.6 Å². The molecular weight excluding hydrogens is 797 g/mol. The summed E-state index contributed by atoms with van der Waals surface area (Å²) in [6, 6.07) is 28.1. The summed E-state index contributed by atoms with van der Waals surface area (Å²) in [5.41, 5.74) is 3.40. The first-order valence-electron chi connectivity index (χ1n) is 19.4. The monoisotopic (exact) mass is 844 g/mol. The number of ether oxygens (including phenoxy) is 9. The Morgan fingerprint density at radius 3 is 1.00 bits per heavy atom. The minimum Gasteiger partial charge on any atom is -0.508 e. The lowest BCUT2D eigenvalue weighted by Gasteiger charge is -2.15. The van der Waals surface area contributed by atoms with Crippen molar-refractivity contribution in [3.8, 4) is 74.7 Å². The van der Waals surface area contributed by atoms with Gasteiger partial charge in [-0.25, -0.2) is 0 Å². The van der Waals surface area contributed by atoms with Crippen LogP contribution in [0, 0.1) is 0 Å². The van der Waals surface area contributed by atoms with E-state index in [9.17, 15) is 19.8 Å². The molecule has 0 saturated heterocycles. The lowest BCUT2D eigenvalue weighted by molar-refractivity contribution is 0.0816. The highest BCUT2D eigenvalue weighted by atomic mass is 16.5. The van der Waals surface area contributed by atoms with Gasteiger partial charge in [0.1, 0.15) is 57.5 Å². The van der Waals surface area contributed by atoms with Crippen LogP contribution >= 0.6 is 0 Å². The molecule has 0 aliphatic rings. The van der Waals surface area contributed by atoms with Crippen LogP contribution in [0.15, 0.2) is 103 Å². The van der Waals surface area contributed by atoms with Crippen LogP contribution in [-0.2, 0) is 25.7 Å². The van der Waals surface area contributed by atoms with E-state index in [2.05, 4.69) is 0 Å². The predicted molar refractivity (Wildman–Crippen MR) is 231 cm³/mol. The molecule has 13 heteroatoms. The number of Topliss-reactive ketones (excluding diaryl/α,β-unsaturated/α-hetero) is 2. The molecule has 0 atom stereocenters. The fraction of sp³-hybridized carbons (Fsp3) is 0.224. The Balaban J connectivity index is 1.32. The van der Waals surface area contributed by atoms with Crippen LogP contribution in [0.25, 0.3) is 0 Å². The Kier molecular flexibility index (Phi) is 14.3. The van der Waals surface area contributed by atoms with Crippen LogP contribution in [0.2, 0.25) is 0 Å². The number of ketones is 2. The molecule has 6 rings (SSSR count). The third-order valence-corrected chi connectivity index (χ3v) is 9.88. The van der Waals surface area contributed by atoms with Gasteiger partial charge in [-0.15, -0.1) is 0 Å². The molecule has 0 unspecified atom stereocenters. The Morgan fingerprint density at radius 1 is 0.355 bits per heavy atom. The van der Waals surface area contributed by atoms with Gasteiger partial charge < -0.3 is 52.8 Å². The second-order valence-electron chi connectivity index (χ2n) is 14.1. The number of phenolic OH excluding ortho intramolecular Hbond substituents is 2. The van der Waals surface area contributed by atoms with E-state index in [-0.39, 0.29) is 62.9 Å². The van der Waals surface area contributed by atoms with Crippen molar-refractivity contribution in [2.75, 3.05) is 49.8 Å². The summed E-state index contributed by atoms with van der Waals surface area (Å²) in [5.74, 6) is 2.24. The molecule has 0 aromatic heterocycles. The third-order valence-electron chi connectivity index (χ3n) is 9.88. The zero-order valence-corrected chi connectivity index (χ0v) is 35.5. The Hall–Kier alpha value is -7.54. The highest BCUT2D eigenvalue weighted by Crippen LogP contribution is 2.39. The van der Waals surface area contributed by atoms with Gasteiger partial charge in [0.15, 0.2) is 11.5 Å². The molecule has 0 bridgehead atoms. The van der Waals surface area contributed by atoms with Crippen LogP contribution in [-0.4, -0.2) is 71.5 Å². The lowest BCUT2D eigenvalue weighted by Crippen LogP contribution is -2.15. The van der Waals surface area contributed by atoms with E-state index in [1.54, 1.807) is 70.9 Å². The molecule has 62 heavy (non-hydrogen) atoms. The van der Waals surface area contributed by atoms with Crippen molar-refractivity contribution in [1.29, 1.82) is 0 Å². The highest BCUT2D eigenvalue weighted by molar-refractivity contribution is 6.49. The molecule has 0 amide bonds. The number of phenols is 2. The van der Waals surface area contributed by atoms with E-state index >= 15 is 0 Å². The van der Waals surface area contributed by atoms with Gasteiger partial charge in [-0.1, -0.05) is 0 Å². The van der Waals surface area contributed by atoms with Gasteiger partial charge in [0.25, 0.3) is 0 Å². The third kappa shape index (κ3) is 11.0. The van der Waals surface area contributed by atoms with Gasteiger partial charge in [0.05, 0.1) is 49.8 Å². The van der Waals surface area contributed by atoms with Gasteiger partial charge in [-0.05, 0) is 121 Å². The first-order valence-corrected chi connectivity index (χ1v) is 19.4. The number of methoxy groups -OCH3 is 7. The van der Waals surface area contributed by atoms with Gasteiger partial charge >= 0.3 is 0 Å². The predicted octanol–water partition coefficient (Wildman–Crippen LogP) is 9.38. The van der Waals surface area contributed by atoms with Crippen molar-refractivity contribution in [2.24, 2.45) is 0 Å². The zero-order chi connectivity index (χ0) is 44.3. The molecule has 2 N–H and O–H groups in total. The molecule has 322 valence electrons. The fourth-order valence-corrected chi connectivity index (χ4v) is 6.86. The number of rotatable bonds is 20. The molecule has 0 saturated carbocycles. The summed E-state index contributed by atoms with van der Waals surface area (Å²) >= 11 is 0. The van der Waals surface area contributed by atoms with Crippen molar-refractivity contribution in [3.05, 3.63) is 137 Å². The maximum absolute atomic E-state index is 14.1. The Morgan fingerprint density at radius 2 is 0.661 bits per heavy atom. The first kappa shape index (κ1) is 44.0. The minimum absolute atomic E-state index is 0.00384. The summed E-state index contributed by atoms with van der Waals surface area (Å²) < 4.78 is 50.5. The van der Waals surface area contributed by atoms with Crippen LogP contribution < -0.4 is 42.6 Å². The van der Waals surface area contributed by atoms with Crippen molar-refractivity contribution >= 4 is 11.6 Å². The van der Waals surface area contributed by atoms with Gasteiger partial charge in [-0.2, -0.15) is 0 Å². The number of carbonyl (C=O) groups excluding carboxylic acids is 2. The summed E-state index contributed by atoms with van der Waals surface area (Å²) in [7, 11) is 10.6. The van der Waals surface area contributed by atoms with E-state index in [1.807, 2.05) is 24.3 Å². The Labute approximate surface area is 359 Å². The van der Waals surface area contributed by atoms with Crippen LogP contribution in [0.5, 0.6) is 74.7 Å². The van der Waals surface area contributed by atoms with Crippen LogP contribution in [0.3, 0.4) is 0 Å². The molecular formula is C49H48O13. The van der Waals surface area contributed by atoms with E-state index in [4.69, 9.17) is 42.6 Å². The maximum Gasteiger partial charge on any atom is 0.233 e. The molecule has 0 heterocycles. The molecule has 0 radical (unpaired) electrons. The minimum atomic E-state index is -0.884. The molecule has 6 aromatic carbocycles. The average Bonchev–Trinajstić information content (AvgIpc) is 3.28. The van der Waals surface area contributed by atoms with Crippen LogP contribution in [0.4, 0.5) is 0 Å². The van der Waals surface area contributed by atoms with E-state index in [0.717, 1.165) is 22.3 Å². The van der Waals surface area contributed by atoms with Gasteiger partial charge in [-0.3, -0.25) is 9.59 Å². The lowest BCUT2D eigenvalue weighted by atomic mass is 10.00. The molecule has 13 nitrogen and oxygen atoms in total. The summed E-state index contributed by atoms with van der Waals surface area (Å²) in [5, 5.41) is 21.5. The highest BCUT2D eigenvalue weighted by Gasteiger charge is 2.25. The fourth-order valence-electron chi connectivity index (χ4n) is 6.86. The first-order chi connectivity index (χ1) is 29.9. The SMILES string of the molecule is COc1cc(CCc2cc(O)cc(Oc3cc(Oc4cc(O)cc(CCc5cc(OC)cc(OC)c5)c4)cc(C(=O)C(=O)c4cc(OC)c(OC)c(OC)c4)c3)c2)cc(OC)c1. The smallest absolute Gasteiger partial charge is 0.233 e. The topological polar surface area (TPSA) is 158 Å². The maximum atomic E-state index is 14.1. The number of carbonyl (C=O) groups is 2. The van der Waals surface area contributed by atoms with Gasteiger partial charge in [0.2, 0.25) is 17.3 Å². The molecule has 0 aliphatic heterocycles. The number of aromatic hydroxyl groups is 2. The number of aryl methyl sites for hydroxylation is 4. The molecule has 6 aromatic rings. The van der Waals surface area contributed by atoms with Crippen molar-refractivity contribution < 1.29 is 62.4 Å². The second kappa shape index (κ2) is 20.1. The van der Waals surface area contributed by atoms with Crippen molar-refractivity contribution in [2.45, 2.75) is 25.7 Å². The zero-order valence-electron chi connectivity index (χ0n) is 35.5. The normalized spacial score (nSPS) is 10.7. The molecule has 0 aliphatic carbocycles. The molecule has 0 spiro atoms. The Bertz CT molecular complexity index is 2360. The van der Waals surface area contributed by atoms with E-state index in [1.165, 1.54) is 57.7 Å². The second-order valence-corrected chi connectivity index (χ2v) is 14.1. The largest absolute Gasteiger partial charge is 0.508 e. The number of benzene rings is 6. The summed E-state index contributed by atoms with van der Waals surface area (Å²) in [4.78, 5) is 27.9.